The minimum atomic E-state index is -0.466. The Morgan fingerprint density at radius 1 is 0.446 bits per heavy atom. The van der Waals surface area contributed by atoms with Gasteiger partial charge in [-0.1, -0.05) is 82.0 Å². The molecule has 16 heteroatoms. The van der Waals surface area contributed by atoms with Crippen molar-refractivity contribution < 1.29 is 45.5 Å². The zero-order valence-corrected chi connectivity index (χ0v) is 31.6. The highest BCUT2D eigenvalue weighted by atomic mass is 35.5. The number of hydrogen-bond donors (Lipinski definition) is 2. The SMILES string of the molecule is Cc1ccc(N2N=C(c3ccccc3)[NH2+]N2c2ccc(C)cc2)cc1.O=[N+]([O-])c1ccc(N2N=C(c3ccccc3)[NH2+]N2c2ccc([N+](=O)[O-])cc2)cc1.[Cl-].[Cl-]. The van der Waals surface area contributed by atoms with Gasteiger partial charge in [-0.25, -0.2) is 0 Å². The average molecular weight is 792 g/mol. The highest BCUT2D eigenvalue weighted by molar-refractivity contribution is 5.94. The van der Waals surface area contributed by atoms with Crippen LogP contribution in [0.15, 0.2) is 168 Å². The van der Waals surface area contributed by atoms with E-state index in [0.29, 0.717) is 17.2 Å². The lowest BCUT2D eigenvalue weighted by molar-refractivity contribution is -0.545. The number of nitrogens with two attached hydrogens (primary N) is 2. The summed E-state index contributed by atoms with van der Waals surface area (Å²) in [7, 11) is 0. The molecule has 2 heterocycles. The number of nitro groups is 2. The van der Waals surface area contributed by atoms with Crippen molar-refractivity contribution in [2.75, 3.05) is 20.5 Å². The molecular formula is C40H36Cl2N10O4. The number of hydrazone groups is 2. The Morgan fingerprint density at radius 2 is 0.750 bits per heavy atom. The number of anilines is 4. The van der Waals surface area contributed by atoms with Gasteiger partial charge in [0.05, 0.1) is 32.3 Å². The summed E-state index contributed by atoms with van der Waals surface area (Å²) < 4.78 is 0. The van der Waals surface area contributed by atoms with Gasteiger partial charge in [-0.3, -0.25) is 20.2 Å². The molecular weight excluding hydrogens is 755 g/mol. The van der Waals surface area contributed by atoms with Gasteiger partial charge in [0, 0.05) is 24.3 Å². The summed E-state index contributed by atoms with van der Waals surface area (Å²) in [5.41, 5.74) is 11.7. The van der Waals surface area contributed by atoms with E-state index in [1.165, 1.54) is 35.4 Å². The van der Waals surface area contributed by atoms with Crippen molar-refractivity contribution >= 4 is 45.8 Å². The third kappa shape index (κ3) is 9.09. The van der Waals surface area contributed by atoms with Gasteiger partial charge in [-0.2, -0.15) is 10.9 Å². The van der Waals surface area contributed by atoms with Crippen molar-refractivity contribution in [2.45, 2.75) is 13.8 Å². The predicted octanol–water partition coefficient (Wildman–Crippen LogP) is -0.0220. The molecule has 56 heavy (non-hydrogen) atoms. The van der Waals surface area contributed by atoms with Gasteiger partial charge < -0.3 is 24.8 Å². The normalized spacial score (nSPS) is 13.1. The molecule has 0 radical (unpaired) electrons. The van der Waals surface area contributed by atoms with E-state index in [9.17, 15) is 20.2 Å². The van der Waals surface area contributed by atoms with E-state index in [-0.39, 0.29) is 36.2 Å². The first kappa shape index (κ1) is 40.3. The lowest BCUT2D eigenvalue weighted by Crippen LogP contribution is -3.00. The summed E-state index contributed by atoms with van der Waals surface area (Å²) in [5.74, 6) is 1.63. The number of non-ortho nitro benzene ring substituents is 2. The zero-order valence-electron chi connectivity index (χ0n) is 30.1. The number of hydrogen-bond acceptors (Lipinski definition) is 10. The van der Waals surface area contributed by atoms with Gasteiger partial charge >= 0.3 is 0 Å². The first-order valence-electron chi connectivity index (χ1n) is 17.0. The smallest absolute Gasteiger partial charge is 0.277 e. The quantitative estimate of drug-likeness (QED) is 0.124. The first-order chi connectivity index (χ1) is 26.2. The second-order valence-corrected chi connectivity index (χ2v) is 12.4. The molecule has 14 nitrogen and oxygen atoms in total. The number of nitrogens with zero attached hydrogens (tertiary/aromatic N) is 8. The van der Waals surface area contributed by atoms with Crippen LogP contribution in [0.1, 0.15) is 22.3 Å². The van der Waals surface area contributed by atoms with Crippen molar-refractivity contribution in [3.05, 3.63) is 200 Å². The van der Waals surface area contributed by atoms with Crippen molar-refractivity contribution in [3.63, 3.8) is 0 Å². The summed E-state index contributed by atoms with van der Waals surface area (Å²) >= 11 is 0. The number of aryl methyl sites for hydroxylation is 2. The first-order valence-corrected chi connectivity index (χ1v) is 17.0. The summed E-state index contributed by atoms with van der Waals surface area (Å²) in [6.07, 6.45) is 0. The molecule has 2 aliphatic rings. The van der Waals surface area contributed by atoms with Crippen LogP contribution >= 0.6 is 0 Å². The predicted molar refractivity (Wildman–Crippen MR) is 208 cm³/mol. The minimum absolute atomic E-state index is 0. The molecule has 0 amide bonds. The number of benzene rings is 6. The zero-order chi connectivity index (χ0) is 37.6. The Balaban J connectivity index is 0.000000209. The molecule has 0 aliphatic carbocycles. The third-order valence-corrected chi connectivity index (χ3v) is 8.62. The Hall–Kier alpha value is -6.84. The van der Waals surface area contributed by atoms with Crippen LogP contribution in [0.3, 0.4) is 0 Å². The lowest BCUT2D eigenvalue weighted by Gasteiger charge is -2.24. The van der Waals surface area contributed by atoms with Crippen LogP contribution in [0.2, 0.25) is 0 Å². The molecule has 0 unspecified atom stereocenters. The van der Waals surface area contributed by atoms with Gasteiger partial charge in [0.15, 0.2) is 0 Å². The summed E-state index contributed by atoms with van der Waals surface area (Å²) in [6, 6.07) is 48.8. The van der Waals surface area contributed by atoms with Crippen molar-refractivity contribution in [1.82, 2.24) is 0 Å². The molecule has 0 bridgehead atoms. The van der Waals surface area contributed by atoms with E-state index in [4.69, 9.17) is 5.10 Å². The van der Waals surface area contributed by atoms with E-state index in [1.807, 2.05) is 53.6 Å². The van der Waals surface area contributed by atoms with E-state index in [1.54, 1.807) is 39.9 Å². The van der Waals surface area contributed by atoms with Gasteiger partial charge in [0.1, 0.15) is 11.4 Å². The number of rotatable bonds is 8. The molecule has 0 atom stereocenters. The van der Waals surface area contributed by atoms with Crippen molar-refractivity contribution in [3.8, 4) is 0 Å². The Kier molecular flexibility index (Phi) is 13.0. The maximum absolute atomic E-state index is 10.9. The van der Waals surface area contributed by atoms with Crippen LogP contribution in [0, 0.1) is 34.1 Å². The monoisotopic (exact) mass is 790 g/mol. The number of amidine groups is 2. The molecule has 6 aromatic rings. The fourth-order valence-corrected chi connectivity index (χ4v) is 5.72. The van der Waals surface area contributed by atoms with Crippen LogP contribution in [0.4, 0.5) is 34.1 Å². The average Bonchev–Trinajstić information content (AvgIpc) is 3.86. The highest BCUT2D eigenvalue weighted by Crippen LogP contribution is 2.27. The van der Waals surface area contributed by atoms with Gasteiger partial charge in [0.2, 0.25) is 0 Å². The highest BCUT2D eigenvalue weighted by Gasteiger charge is 2.33. The van der Waals surface area contributed by atoms with Crippen molar-refractivity contribution in [2.24, 2.45) is 10.2 Å². The fraction of sp³-hybridized carbons (Fsp3) is 0.0500. The van der Waals surface area contributed by atoms with E-state index in [2.05, 4.69) is 90.2 Å². The van der Waals surface area contributed by atoms with E-state index in [0.717, 1.165) is 28.3 Å². The van der Waals surface area contributed by atoms with Crippen LogP contribution in [-0.2, 0) is 0 Å². The molecule has 6 aromatic carbocycles. The molecule has 284 valence electrons. The number of nitro benzene ring substituents is 2. The van der Waals surface area contributed by atoms with Gasteiger partial charge in [-0.15, -0.1) is 20.5 Å². The van der Waals surface area contributed by atoms with Gasteiger partial charge in [0.25, 0.3) is 23.0 Å². The second kappa shape index (κ2) is 18.0. The minimum Gasteiger partial charge on any atom is -1.00 e. The number of quaternary nitrogens is 2. The standard InChI is InChI=1S/C21H20N4.C19H14N6O4.2ClH/c1-16-8-12-19(13-9-16)24-22-21(18-6-4-3-5-7-18)23-25(24)20-14-10-17(2)11-15-20;26-24(27)17-10-6-15(7-11-17)22-20-19(14-4-2-1-3-5-14)21-23(22)16-8-12-18(13-9-16)25(28)29;;/h3-15H,1-2H3,(H,22,23);1-13H,(H,20,21);2*1H. The second-order valence-electron chi connectivity index (χ2n) is 12.4. The topological polar surface area (TPSA) is 157 Å². The maximum Gasteiger partial charge on any atom is 0.277 e. The van der Waals surface area contributed by atoms with Crippen molar-refractivity contribution in [1.29, 1.82) is 0 Å². The van der Waals surface area contributed by atoms with Crippen LogP contribution < -0.4 is 56.1 Å². The lowest BCUT2D eigenvalue weighted by atomic mass is 10.2. The molecule has 0 saturated heterocycles. The Labute approximate surface area is 335 Å². The molecule has 4 N–H and O–H groups in total. The van der Waals surface area contributed by atoms with Gasteiger partial charge in [-0.05, 0) is 86.6 Å². The Morgan fingerprint density at radius 3 is 1.09 bits per heavy atom. The van der Waals surface area contributed by atoms with Crippen LogP contribution in [-0.4, -0.2) is 21.5 Å². The molecule has 0 spiro atoms. The largest absolute Gasteiger partial charge is 1.00 e. The van der Waals surface area contributed by atoms with Crippen LogP contribution in [0.25, 0.3) is 0 Å². The third-order valence-electron chi connectivity index (χ3n) is 8.62. The summed E-state index contributed by atoms with van der Waals surface area (Å²) in [6.45, 7) is 4.19. The molecule has 0 fully saturated rings. The Bertz CT molecular complexity index is 2320. The van der Waals surface area contributed by atoms with E-state index >= 15 is 0 Å². The number of halogens is 2. The summed E-state index contributed by atoms with van der Waals surface area (Å²) in [5, 5.41) is 38.7. The fourth-order valence-electron chi connectivity index (χ4n) is 5.72. The molecule has 8 rings (SSSR count). The molecule has 0 saturated carbocycles. The maximum atomic E-state index is 10.9. The molecule has 0 aromatic heterocycles. The van der Waals surface area contributed by atoms with Crippen LogP contribution in [0.5, 0.6) is 0 Å². The van der Waals surface area contributed by atoms with E-state index < -0.39 is 9.85 Å². The molecule has 2 aliphatic heterocycles. The summed E-state index contributed by atoms with van der Waals surface area (Å²) in [4.78, 5) is 20.9. The number of hydrazine groups is 2.